The second-order valence-corrected chi connectivity index (χ2v) is 9.06. The SMILES string of the molecule is CC(C)S(=O)(=O)[C@@H](C)C(=O)NCC1CCCCCCC1. The van der Waals surface area contributed by atoms with Gasteiger partial charge in [0.2, 0.25) is 5.91 Å². The largest absolute Gasteiger partial charge is 0.355 e. The summed E-state index contributed by atoms with van der Waals surface area (Å²) in [4.78, 5) is 12.0. The van der Waals surface area contributed by atoms with Crippen molar-refractivity contribution in [2.75, 3.05) is 6.54 Å². The van der Waals surface area contributed by atoms with Crippen LogP contribution >= 0.6 is 0 Å². The molecule has 0 spiro atoms. The maximum absolute atomic E-state index is 12.0. The number of sulfone groups is 1. The molecule has 0 aliphatic heterocycles. The molecule has 0 radical (unpaired) electrons. The van der Waals surface area contributed by atoms with Crippen LogP contribution in [0.4, 0.5) is 0 Å². The van der Waals surface area contributed by atoms with E-state index >= 15 is 0 Å². The Morgan fingerprint density at radius 2 is 1.55 bits per heavy atom. The summed E-state index contributed by atoms with van der Waals surface area (Å²) in [5.74, 6) is 0.161. The highest BCUT2D eigenvalue weighted by Crippen LogP contribution is 2.21. The minimum absolute atomic E-state index is 0.347. The summed E-state index contributed by atoms with van der Waals surface area (Å²) < 4.78 is 23.9. The van der Waals surface area contributed by atoms with E-state index < -0.39 is 20.3 Å². The van der Waals surface area contributed by atoms with Crippen molar-refractivity contribution in [2.45, 2.75) is 76.2 Å². The van der Waals surface area contributed by atoms with Gasteiger partial charge < -0.3 is 5.32 Å². The Balaban J connectivity index is 2.45. The Labute approximate surface area is 123 Å². The standard InChI is InChI=1S/C15H29NO3S/c1-12(2)20(18,19)13(3)15(17)16-11-14-9-7-5-4-6-8-10-14/h12-14H,4-11H2,1-3H3,(H,16,17)/t13-/m0/s1. The lowest BCUT2D eigenvalue weighted by Crippen LogP contribution is -2.42. The highest BCUT2D eigenvalue weighted by Gasteiger charge is 2.30. The fraction of sp³-hybridized carbons (Fsp3) is 0.933. The minimum Gasteiger partial charge on any atom is -0.355 e. The molecular formula is C15H29NO3S. The van der Waals surface area contributed by atoms with E-state index in [2.05, 4.69) is 5.32 Å². The van der Waals surface area contributed by atoms with Crippen molar-refractivity contribution in [2.24, 2.45) is 5.92 Å². The van der Waals surface area contributed by atoms with Gasteiger partial charge in [-0.25, -0.2) is 8.42 Å². The molecule has 0 aromatic heterocycles. The van der Waals surface area contributed by atoms with Gasteiger partial charge >= 0.3 is 0 Å². The molecule has 1 fully saturated rings. The summed E-state index contributed by atoms with van der Waals surface area (Å²) in [5, 5.41) is 1.39. The van der Waals surface area contributed by atoms with Crippen molar-refractivity contribution < 1.29 is 13.2 Å². The molecule has 0 aromatic rings. The summed E-state index contributed by atoms with van der Waals surface area (Å²) in [6, 6.07) is 0. The zero-order valence-electron chi connectivity index (χ0n) is 13.0. The first-order valence-electron chi connectivity index (χ1n) is 7.86. The number of nitrogens with one attached hydrogen (secondary N) is 1. The van der Waals surface area contributed by atoms with Gasteiger partial charge in [0.1, 0.15) is 5.25 Å². The molecule has 1 amide bonds. The molecule has 0 unspecified atom stereocenters. The Morgan fingerprint density at radius 1 is 1.05 bits per heavy atom. The Morgan fingerprint density at radius 3 is 2.05 bits per heavy atom. The van der Waals surface area contributed by atoms with Crippen LogP contribution in [0.2, 0.25) is 0 Å². The van der Waals surface area contributed by atoms with Crippen molar-refractivity contribution in [3.8, 4) is 0 Å². The lowest BCUT2D eigenvalue weighted by Gasteiger charge is -2.21. The lowest BCUT2D eigenvalue weighted by molar-refractivity contribution is -0.120. The molecule has 118 valence electrons. The molecule has 0 heterocycles. The van der Waals surface area contributed by atoms with Crippen LogP contribution < -0.4 is 5.32 Å². The first kappa shape index (κ1) is 17.5. The second-order valence-electron chi connectivity index (χ2n) is 6.24. The summed E-state index contributed by atoms with van der Waals surface area (Å²) in [7, 11) is -3.35. The predicted octanol–water partition coefficient (Wildman–Crippen LogP) is 2.67. The molecule has 0 bridgehead atoms. The van der Waals surface area contributed by atoms with Gasteiger partial charge in [0.05, 0.1) is 5.25 Å². The fourth-order valence-electron chi connectivity index (χ4n) is 2.69. The van der Waals surface area contributed by atoms with Crippen LogP contribution in [0.25, 0.3) is 0 Å². The van der Waals surface area contributed by atoms with Crippen LogP contribution in [0.15, 0.2) is 0 Å². The smallest absolute Gasteiger partial charge is 0.238 e. The number of amides is 1. The van der Waals surface area contributed by atoms with Gasteiger partial charge in [-0.05, 0) is 39.5 Å². The average molecular weight is 303 g/mol. The summed E-state index contributed by atoms with van der Waals surface area (Å²) in [6.07, 6.45) is 8.62. The molecule has 0 saturated heterocycles. The quantitative estimate of drug-likeness (QED) is 0.849. The minimum atomic E-state index is -3.35. The number of carbonyl (C=O) groups is 1. The highest BCUT2D eigenvalue weighted by molar-refractivity contribution is 7.93. The highest BCUT2D eigenvalue weighted by atomic mass is 32.2. The fourth-order valence-corrected chi connectivity index (χ4v) is 3.89. The molecule has 4 nitrogen and oxygen atoms in total. The molecular weight excluding hydrogens is 274 g/mol. The molecule has 1 N–H and O–H groups in total. The molecule has 1 aliphatic rings. The van der Waals surface area contributed by atoms with Gasteiger partial charge in [-0.2, -0.15) is 0 Å². The summed E-state index contributed by atoms with van der Waals surface area (Å²) >= 11 is 0. The van der Waals surface area contributed by atoms with Crippen LogP contribution in [-0.4, -0.2) is 31.4 Å². The van der Waals surface area contributed by atoms with Gasteiger partial charge in [-0.1, -0.05) is 32.1 Å². The monoisotopic (exact) mass is 303 g/mol. The second kappa shape index (κ2) is 8.01. The van der Waals surface area contributed by atoms with Crippen molar-refractivity contribution in [3.05, 3.63) is 0 Å². The number of hydrogen-bond donors (Lipinski definition) is 1. The van der Waals surface area contributed by atoms with E-state index in [9.17, 15) is 13.2 Å². The van der Waals surface area contributed by atoms with Crippen LogP contribution in [0.3, 0.4) is 0 Å². The van der Waals surface area contributed by atoms with E-state index in [0.717, 1.165) is 12.8 Å². The van der Waals surface area contributed by atoms with E-state index in [4.69, 9.17) is 0 Å². The van der Waals surface area contributed by atoms with Crippen molar-refractivity contribution >= 4 is 15.7 Å². The number of hydrogen-bond acceptors (Lipinski definition) is 3. The van der Waals surface area contributed by atoms with E-state index in [1.54, 1.807) is 13.8 Å². The van der Waals surface area contributed by atoms with Crippen LogP contribution in [0, 0.1) is 5.92 Å². The van der Waals surface area contributed by atoms with E-state index in [-0.39, 0.29) is 5.91 Å². The molecule has 1 rings (SSSR count). The van der Waals surface area contributed by atoms with Gasteiger partial charge in [-0.15, -0.1) is 0 Å². The first-order chi connectivity index (χ1) is 9.35. The van der Waals surface area contributed by atoms with Gasteiger partial charge in [0.15, 0.2) is 9.84 Å². The van der Waals surface area contributed by atoms with Crippen LogP contribution in [-0.2, 0) is 14.6 Å². The van der Waals surface area contributed by atoms with Crippen molar-refractivity contribution in [1.82, 2.24) is 5.32 Å². The normalized spacial score (nSPS) is 20.2. The molecule has 1 aliphatic carbocycles. The third-order valence-corrected chi connectivity index (χ3v) is 6.82. The van der Waals surface area contributed by atoms with Gasteiger partial charge in [-0.3, -0.25) is 4.79 Å². The van der Waals surface area contributed by atoms with E-state index in [1.807, 2.05) is 0 Å². The maximum atomic E-state index is 12.0. The lowest BCUT2D eigenvalue weighted by atomic mass is 9.91. The Bertz CT molecular complexity index is 395. The van der Waals surface area contributed by atoms with Crippen molar-refractivity contribution in [3.63, 3.8) is 0 Å². The zero-order valence-corrected chi connectivity index (χ0v) is 13.8. The number of rotatable bonds is 5. The third-order valence-electron chi connectivity index (χ3n) is 4.31. The molecule has 5 heteroatoms. The maximum Gasteiger partial charge on any atom is 0.238 e. The van der Waals surface area contributed by atoms with Crippen molar-refractivity contribution in [1.29, 1.82) is 0 Å². The predicted molar refractivity (Wildman–Crippen MR) is 82.3 cm³/mol. The van der Waals surface area contributed by atoms with E-state index in [1.165, 1.54) is 39.0 Å². The molecule has 0 aromatic carbocycles. The Kier molecular flexibility index (Phi) is 7.00. The van der Waals surface area contributed by atoms with E-state index in [0.29, 0.717) is 12.5 Å². The molecule has 1 saturated carbocycles. The summed E-state index contributed by atoms with van der Waals surface area (Å²) in [5.41, 5.74) is 0. The van der Waals surface area contributed by atoms with Gasteiger partial charge in [0, 0.05) is 6.54 Å². The topological polar surface area (TPSA) is 63.2 Å². The zero-order chi connectivity index (χ0) is 15.2. The van der Waals surface area contributed by atoms with Gasteiger partial charge in [0.25, 0.3) is 0 Å². The first-order valence-corrected chi connectivity index (χ1v) is 9.47. The van der Waals surface area contributed by atoms with Crippen LogP contribution in [0.5, 0.6) is 0 Å². The Hall–Kier alpha value is -0.580. The molecule has 1 atom stereocenters. The summed E-state index contributed by atoms with van der Waals surface area (Å²) in [6.45, 7) is 5.35. The average Bonchev–Trinajstić information content (AvgIpc) is 2.35. The number of carbonyl (C=O) groups excluding carboxylic acids is 1. The molecule has 20 heavy (non-hydrogen) atoms. The van der Waals surface area contributed by atoms with Crippen LogP contribution in [0.1, 0.15) is 65.7 Å². The third kappa shape index (κ3) is 5.08.